The van der Waals surface area contributed by atoms with Gasteiger partial charge in [0.15, 0.2) is 0 Å². The van der Waals surface area contributed by atoms with E-state index in [-0.39, 0.29) is 42.2 Å². The molecule has 4 rings (SSSR count). The van der Waals surface area contributed by atoms with E-state index in [1.165, 1.54) is 12.1 Å². The number of allylic oxidation sites excluding steroid dienone is 1. The Kier molecular flexibility index (Phi) is 7.54. The number of hydrogen-bond donors (Lipinski definition) is 3. The molecule has 1 aliphatic carbocycles. The number of amides is 2. The van der Waals surface area contributed by atoms with Crippen LogP contribution in [0.1, 0.15) is 51.2 Å². The molecule has 0 spiro atoms. The minimum Gasteiger partial charge on any atom is -0.388 e. The van der Waals surface area contributed by atoms with Crippen molar-refractivity contribution in [2.45, 2.75) is 58.7 Å². The normalized spacial score (nSPS) is 24.4. The maximum atomic E-state index is 14.4. The highest BCUT2D eigenvalue weighted by Crippen LogP contribution is 2.52. The number of halogens is 1. The van der Waals surface area contributed by atoms with Crippen molar-refractivity contribution in [3.8, 4) is 0 Å². The highest BCUT2D eigenvalue weighted by Gasteiger charge is 2.52. The molecule has 3 aliphatic rings. The maximum absolute atomic E-state index is 14.4. The number of nitrogens with one attached hydrogen (secondary N) is 2. The average Bonchev–Trinajstić information content (AvgIpc) is 3.65. The molecule has 2 atom stereocenters. The number of carbonyl (C=O) groups excluding carboxylic acids is 2. The molecule has 4 N–H and O–H groups in total. The molecular formula is C28H38FN5O2. The van der Waals surface area contributed by atoms with Crippen molar-refractivity contribution in [1.82, 2.24) is 20.4 Å². The van der Waals surface area contributed by atoms with Crippen molar-refractivity contribution in [3.63, 3.8) is 0 Å². The van der Waals surface area contributed by atoms with E-state index in [0.717, 1.165) is 30.5 Å². The van der Waals surface area contributed by atoms with Crippen LogP contribution in [-0.2, 0) is 16.1 Å². The van der Waals surface area contributed by atoms with Crippen LogP contribution >= 0.6 is 0 Å². The van der Waals surface area contributed by atoms with Crippen LogP contribution in [0.25, 0.3) is 5.57 Å². The van der Waals surface area contributed by atoms with E-state index in [1.54, 1.807) is 0 Å². The molecule has 2 fully saturated rings. The monoisotopic (exact) mass is 495 g/mol. The first kappa shape index (κ1) is 25.9. The lowest BCUT2D eigenvalue weighted by molar-refractivity contribution is -0.134. The van der Waals surface area contributed by atoms with Crippen LogP contribution in [0.3, 0.4) is 0 Å². The largest absolute Gasteiger partial charge is 0.388 e. The number of benzene rings is 1. The summed E-state index contributed by atoms with van der Waals surface area (Å²) in [4.78, 5) is 30.0. The van der Waals surface area contributed by atoms with Gasteiger partial charge >= 0.3 is 0 Å². The van der Waals surface area contributed by atoms with E-state index in [1.807, 2.05) is 61.3 Å². The minimum atomic E-state index is -0.562. The van der Waals surface area contributed by atoms with Crippen molar-refractivity contribution in [2.75, 3.05) is 20.1 Å². The fourth-order valence-corrected chi connectivity index (χ4v) is 5.03. The molecule has 194 valence electrons. The average molecular weight is 496 g/mol. The third-order valence-corrected chi connectivity index (χ3v) is 7.50. The Labute approximate surface area is 213 Å². The van der Waals surface area contributed by atoms with Crippen LogP contribution < -0.4 is 16.4 Å². The first-order valence-electron chi connectivity index (χ1n) is 12.8. The van der Waals surface area contributed by atoms with Crippen LogP contribution in [0.15, 0.2) is 48.4 Å². The summed E-state index contributed by atoms with van der Waals surface area (Å²) in [5.41, 5.74) is 8.49. The van der Waals surface area contributed by atoms with Gasteiger partial charge in [0.2, 0.25) is 11.8 Å². The van der Waals surface area contributed by atoms with Crippen molar-refractivity contribution in [1.29, 1.82) is 0 Å². The minimum absolute atomic E-state index is 0.160. The van der Waals surface area contributed by atoms with Gasteiger partial charge in [-0.15, -0.1) is 0 Å². The molecule has 1 saturated carbocycles. The summed E-state index contributed by atoms with van der Waals surface area (Å²) in [7, 11) is 1.83. The van der Waals surface area contributed by atoms with Crippen LogP contribution in [0, 0.1) is 17.2 Å². The van der Waals surface area contributed by atoms with Crippen LogP contribution in [0.2, 0.25) is 0 Å². The summed E-state index contributed by atoms with van der Waals surface area (Å²) in [6.45, 7) is 7.22. The molecule has 2 aliphatic heterocycles. The lowest BCUT2D eigenvalue weighted by atomic mass is 9.83. The predicted molar refractivity (Wildman–Crippen MR) is 139 cm³/mol. The lowest BCUT2D eigenvalue weighted by Gasteiger charge is -2.31. The number of hydrogen-bond acceptors (Lipinski definition) is 5. The van der Waals surface area contributed by atoms with Crippen LogP contribution in [0.5, 0.6) is 0 Å². The Bertz CT molecular complexity index is 1110. The van der Waals surface area contributed by atoms with E-state index >= 15 is 0 Å². The number of carbonyl (C=O) groups is 2. The third-order valence-electron chi connectivity index (χ3n) is 7.50. The zero-order valence-electron chi connectivity index (χ0n) is 21.7. The molecule has 0 bridgehead atoms. The second-order valence-corrected chi connectivity index (χ2v) is 10.7. The van der Waals surface area contributed by atoms with Gasteiger partial charge in [0.05, 0.1) is 5.41 Å². The molecule has 1 saturated heterocycles. The SMILES string of the molecule is CC(C)N/C=C(\CN)c1cc(F)cc(CNC(=O)C2C=C(N3CC[C@@](C)(C4CC4)C3=O)C=CN2C)c1. The van der Waals surface area contributed by atoms with Gasteiger partial charge in [-0.25, -0.2) is 4.39 Å². The number of likely N-dealkylation sites (N-methyl/N-ethyl adjacent to an activating group) is 1. The van der Waals surface area contributed by atoms with E-state index in [2.05, 4.69) is 17.6 Å². The third kappa shape index (κ3) is 5.48. The van der Waals surface area contributed by atoms with Gasteiger partial charge in [-0.3, -0.25) is 9.59 Å². The van der Waals surface area contributed by atoms with Gasteiger partial charge in [0.1, 0.15) is 11.9 Å². The van der Waals surface area contributed by atoms with Gasteiger partial charge in [0.25, 0.3) is 0 Å². The van der Waals surface area contributed by atoms with Crippen molar-refractivity contribution >= 4 is 17.4 Å². The standard InChI is InChI=1S/C28H38FN5O2/c1-18(2)31-17-21(15-30)20-11-19(12-23(29)13-20)16-32-26(35)25-14-24(7-9-33(25)4)34-10-8-28(3,27(34)36)22-5-6-22/h7,9,11-14,17-18,22,25,31H,5-6,8,10,15-16,30H2,1-4H3,(H,32,35)/b21-17+/t25?,28-/m0/s1. The number of likely N-dealkylation sites (tertiary alicyclic amines) is 1. The highest BCUT2D eigenvalue weighted by molar-refractivity contribution is 5.88. The second-order valence-electron chi connectivity index (χ2n) is 10.7. The molecule has 1 aromatic rings. The van der Waals surface area contributed by atoms with E-state index in [0.29, 0.717) is 23.6 Å². The van der Waals surface area contributed by atoms with Crippen LogP contribution in [-0.4, -0.2) is 53.8 Å². The van der Waals surface area contributed by atoms with E-state index < -0.39 is 6.04 Å². The van der Waals surface area contributed by atoms with E-state index in [9.17, 15) is 14.0 Å². The van der Waals surface area contributed by atoms with Gasteiger partial charge in [-0.1, -0.05) is 6.92 Å². The van der Waals surface area contributed by atoms with Crippen molar-refractivity contribution < 1.29 is 14.0 Å². The lowest BCUT2D eigenvalue weighted by Crippen LogP contribution is -2.44. The molecule has 8 heteroatoms. The summed E-state index contributed by atoms with van der Waals surface area (Å²) in [6, 6.07) is 4.38. The molecule has 7 nitrogen and oxygen atoms in total. The summed E-state index contributed by atoms with van der Waals surface area (Å²) >= 11 is 0. The summed E-state index contributed by atoms with van der Waals surface area (Å²) in [5, 5.41) is 6.13. The van der Waals surface area contributed by atoms with Gasteiger partial charge in [-0.2, -0.15) is 0 Å². The topological polar surface area (TPSA) is 90.7 Å². The quantitative estimate of drug-likeness (QED) is 0.490. The number of rotatable bonds is 9. The zero-order valence-corrected chi connectivity index (χ0v) is 21.7. The summed E-state index contributed by atoms with van der Waals surface area (Å²) < 4.78 is 14.4. The Morgan fingerprint density at radius 3 is 2.72 bits per heavy atom. The Morgan fingerprint density at radius 1 is 1.31 bits per heavy atom. The molecule has 0 radical (unpaired) electrons. The highest BCUT2D eigenvalue weighted by atomic mass is 19.1. The Balaban J connectivity index is 1.44. The smallest absolute Gasteiger partial charge is 0.247 e. The molecule has 1 aromatic carbocycles. The van der Waals surface area contributed by atoms with Crippen molar-refractivity contribution in [3.05, 3.63) is 65.4 Å². The predicted octanol–water partition coefficient (Wildman–Crippen LogP) is 3.10. The first-order valence-corrected chi connectivity index (χ1v) is 12.8. The fourth-order valence-electron chi connectivity index (χ4n) is 5.03. The van der Waals surface area contributed by atoms with E-state index in [4.69, 9.17) is 5.73 Å². The van der Waals surface area contributed by atoms with Crippen LogP contribution in [0.4, 0.5) is 4.39 Å². The van der Waals surface area contributed by atoms with Crippen molar-refractivity contribution in [2.24, 2.45) is 17.1 Å². The zero-order chi connectivity index (χ0) is 26.0. The molecule has 0 aromatic heterocycles. The first-order chi connectivity index (χ1) is 17.1. The number of nitrogens with zero attached hydrogens (tertiary/aromatic N) is 2. The summed E-state index contributed by atoms with van der Waals surface area (Å²) in [6.07, 6.45) is 10.5. The summed E-state index contributed by atoms with van der Waals surface area (Å²) in [5.74, 6) is 0.0501. The van der Waals surface area contributed by atoms with Gasteiger partial charge < -0.3 is 26.2 Å². The Morgan fingerprint density at radius 2 is 2.06 bits per heavy atom. The maximum Gasteiger partial charge on any atom is 0.247 e. The number of nitrogens with two attached hydrogens (primary N) is 1. The molecule has 2 heterocycles. The Hall–Kier alpha value is -3.13. The molecule has 1 unspecified atom stereocenters. The molecule has 2 amide bonds. The molecule has 36 heavy (non-hydrogen) atoms. The van der Waals surface area contributed by atoms with Gasteiger partial charge in [0, 0.05) is 50.8 Å². The second kappa shape index (κ2) is 10.5. The molecular weight excluding hydrogens is 457 g/mol. The fraction of sp³-hybridized carbons (Fsp3) is 0.500. The van der Waals surface area contributed by atoms with Gasteiger partial charge in [-0.05, 0) is 86.1 Å².